The van der Waals surface area contributed by atoms with Crippen molar-refractivity contribution >= 4 is 29.3 Å². The standard InChI is InChI=1S/C25H25N3O5S/c1-15-14-16(24(30)31)8-9-17(15)19-10-11-20(33-19)23-22(18-6-3-4-12-26-18)27-25(34)28(23)13-5-7-21(29)32-2/h3-4,6,8-12,14,22-23H,5,7,13H2,1-2H3,(H,27,34)(H,30,31)/t22-,23-/m1/s1. The molecule has 2 aromatic heterocycles. The number of nitrogens with one attached hydrogen (secondary N) is 1. The maximum Gasteiger partial charge on any atom is 0.335 e. The molecule has 0 spiro atoms. The van der Waals surface area contributed by atoms with E-state index >= 15 is 0 Å². The van der Waals surface area contributed by atoms with Crippen LogP contribution in [0.3, 0.4) is 0 Å². The van der Waals surface area contributed by atoms with E-state index in [-0.39, 0.29) is 30.0 Å². The number of hydrogen-bond donors (Lipinski definition) is 2. The topological polar surface area (TPSA) is 105 Å². The van der Waals surface area contributed by atoms with Crippen LogP contribution in [0.15, 0.2) is 59.1 Å². The molecule has 4 rings (SSSR count). The summed E-state index contributed by atoms with van der Waals surface area (Å²) < 4.78 is 11.1. The molecule has 0 bridgehead atoms. The summed E-state index contributed by atoms with van der Waals surface area (Å²) in [6.07, 6.45) is 2.59. The summed E-state index contributed by atoms with van der Waals surface area (Å²) in [5.41, 5.74) is 2.67. The molecule has 176 valence electrons. The van der Waals surface area contributed by atoms with Gasteiger partial charge < -0.3 is 24.5 Å². The summed E-state index contributed by atoms with van der Waals surface area (Å²) in [7, 11) is 1.37. The quantitative estimate of drug-likeness (QED) is 0.362. The van der Waals surface area contributed by atoms with Crippen molar-refractivity contribution in [3.05, 3.63) is 77.3 Å². The third kappa shape index (κ3) is 4.79. The van der Waals surface area contributed by atoms with Crippen molar-refractivity contribution in [1.82, 2.24) is 15.2 Å². The van der Waals surface area contributed by atoms with Crippen LogP contribution in [0.2, 0.25) is 0 Å². The first-order chi connectivity index (χ1) is 16.4. The number of benzene rings is 1. The molecular formula is C25H25N3O5S. The number of pyridine rings is 1. The SMILES string of the molecule is COC(=O)CCCN1C(=S)N[C@H](c2ccccn2)[C@H]1c1ccc(-c2ccc(C(=O)O)cc2C)o1. The van der Waals surface area contributed by atoms with Crippen molar-refractivity contribution in [2.24, 2.45) is 0 Å². The number of carbonyl (C=O) groups is 2. The third-order valence-corrected chi connectivity index (χ3v) is 6.21. The first-order valence-electron chi connectivity index (χ1n) is 10.9. The van der Waals surface area contributed by atoms with Gasteiger partial charge in [-0.15, -0.1) is 0 Å². The third-order valence-electron chi connectivity index (χ3n) is 5.86. The zero-order valence-corrected chi connectivity index (χ0v) is 19.7. The van der Waals surface area contributed by atoms with Gasteiger partial charge in [-0.25, -0.2) is 4.79 Å². The molecule has 0 radical (unpaired) electrons. The summed E-state index contributed by atoms with van der Waals surface area (Å²) in [5.74, 6) is 0.0897. The maximum absolute atomic E-state index is 11.6. The Hall–Kier alpha value is -3.72. The molecule has 1 saturated heterocycles. The number of methoxy groups -OCH3 is 1. The molecule has 34 heavy (non-hydrogen) atoms. The number of aromatic nitrogens is 1. The zero-order chi connectivity index (χ0) is 24.2. The number of ether oxygens (including phenoxy) is 1. The Balaban J connectivity index is 1.66. The molecule has 0 unspecified atom stereocenters. The van der Waals surface area contributed by atoms with Gasteiger partial charge in [0.25, 0.3) is 0 Å². The van der Waals surface area contributed by atoms with E-state index in [9.17, 15) is 14.7 Å². The molecule has 1 fully saturated rings. The van der Waals surface area contributed by atoms with Gasteiger partial charge in [0.2, 0.25) is 0 Å². The fourth-order valence-corrected chi connectivity index (χ4v) is 4.51. The van der Waals surface area contributed by atoms with E-state index in [4.69, 9.17) is 21.4 Å². The highest BCUT2D eigenvalue weighted by atomic mass is 32.1. The van der Waals surface area contributed by atoms with Crippen LogP contribution in [-0.4, -0.2) is 45.7 Å². The van der Waals surface area contributed by atoms with Crippen molar-refractivity contribution in [2.75, 3.05) is 13.7 Å². The lowest BCUT2D eigenvalue weighted by Crippen LogP contribution is -2.30. The van der Waals surface area contributed by atoms with Crippen LogP contribution in [0, 0.1) is 6.92 Å². The van der Waals surface area contributed by atoms with Crippen molar-refractivity contribution in [3.63, 3.8) is 0 Å². The second kappa shape index (κ2) is 10.0. The molecular weight excluding hydrogens is 454 g/mol. The highest BCUT2D eigenvalue weighted by Crippen LogP contribution is 2.41. The molecule has 0 amide bonds. The van der Waals surface area contributed by atoms with Crippen LogP contribution < -0.4 is 5.32 Å². The Morgan fingerprint density at radius 2 is 2.06 bits per heavy atom. The van der Waals surface area contributed by atoms with Crippen LogP contribution in [-0.2, 0) is 9.53 Å². The molecule has 3 heterocycles. The molecule has 3 aromatic rings. The Morgan fingerprint density at radius 3 is 2.74 bits per heavy atom. The van der Waals surface area contributed by atoms with Gasteiger partial charge in [0.05, 0.1) is 24.4 Å². The number of carboxylic acids is 1. The molecule has 1 aromatic carbocycles. The fraction of sp³-hybridized carbons (Fsp3) is 0.280. The lowest BCUT2D eigenvalue weighted by atomic mass is 10.0. The van der Waals surface area contributed by atoms with Gasteiger partial charge in [-0.05, 0) is 67.5 Å². The molecule has 2 atom stereocenters. The minimum atomic E-state index is -0.971. The predicted molar refractivity (Wildman–Crippen MR) is 129 cm³/mol. The first kappa shape index (κ1) is 23.4. The Kier molecular flexibility index (Phi) is 6.93. The van der Waals surface area contributed by atoms with Gasteiger partial charge >= 0.3 is 11.9 Å². The van der Waals surface area contributed by atoms with Crippen LogP contribution in [0.1, 0.15) is 52.3 Å². The number of thiocarbonyl (C=S) groups is 1. The summed E-state index contributed by atoms with van der Waals surface area (Å²) in [5, 5.41) is 13.2. The van der Waals surface area contributed by atoms with E-state index in [2.05, 4.69) is 10.3 Å². The van der Waals surface area contributed by atoms with Crippen LogP contribution in [0.25, 0.3) is 11.3 Å². The highest BCUT2D eigenvalue weighted by Gasteiger charge is 2.41. The number of aryl methyl sites for hydroxylation is 1. The van der Waals surface area contributed by atoms with Gasteiger partial charge in [-0.2, -0.15) is 0 Å². The summed E-state index contributed by atoms with van der Waals surface area (Å²) in [6, 6.07) is 13.9. The summed E-state index contributed by atoms with van der Waals surface area (Å²) in [4.78, 5) is 29.4. The van der Waals surface area contributed by atoms with E-state index in [1.54, 1.807) is 24.4 Å². The van der Waals surface area contributed by atoms with Crippen LogP contribution in [0.5, 0.6) is 0 Å². The molecule has 8 nitrogen and oxygen atoms in total. The first-order valence-corrected chi connectivity index (χ1v) is 11.3. The van der Waals surface area contributed by atoms with E-state index < -0.39 is 5.97 Å². The van der Waals surface area contributed by atoms with E-state index in [1.807, 2.05) is 42.2 Å². The van der Waals surface area contributed by atoms with Crippen LogP contribution in [0.4, 0.5) is 0 Å². The Labute approximate surface area is 202 Å². The molecule has 2 N–H and O–H groups in total. The molecule has 1 aliphatic heterocycles. The minimum absolute atomic E-state index is 0.227. The van der Waals surface area contributed by atoms with Crippen molar-refractivity contribution in [2.45, 2.75) is 31.8 Å². The second-order valence-electron chi connectivity index (χ2n) is 8.04. The minimum Gasteiger partial charge on any atom is -0.478 e. The normalized spacial score (nSPS) is 17.5. The van der Waals surface area contributed by atoms with Gasteiger partial charge in [0, 0.05) is 24.7 Å². The van der Waals surface area contributed by atoms with Gasteiger partial charge in [-0.1, -0.05) is 12.1 Å². The van der Waals surface area contributed by atoms with E-state index in [1.165, 1.54) is 7.11 Å². The van der Waals surface area contributed by atoms with E-state index in [0.717, 1.165) is 16.8 Å². The Bertz CT molecular complexity index is 1210. The number of furan rings is 1. The lowest BCUT2D eigenvalue weighted by molar-refractivity contribution is -0.140. The molecule has 0 saturated carbocycles. The summed E-state index contributed by atoms with van der Waals surface area (Å²) >= 11 is 5.64. The smallest absolute Gasteiger partial charge is 0.335 e. The van der Waals surface area contributed by atoms with Gasteiger partial charge in [-0.3, -0.25) is 9.78 Å². The average molecular weight is 480 g/mol. The number of aromatic carboxylic acids is 1. The molecule has 9 heteroatoms. The number of hydrogen-bond acceptors (Lipinski definition) is 6. The molecule has 1 aliphatic rings. The number of carboxylic acid groups (broad SMARTS) is 1. The summed E-state index contributed by atoms with van der Waals surface area (Å²) in [6.45, 7) is 2.39. The maximum atomic E-state index is 11.6. The zero-order valence-electron chi connectivity index (χ0n) is 18.9. The van der Waals surface area contributed by atoms with E-state index in [0.29, 0.717) is 29.6 Å². The Morgan fingerprint density at radius 1 is 1.24 bits per heavy atom. The van der Waals surface area contributed by atoms with Crippen molar-refractivity contribution < 1.29 is 23.8 Å². The number of nitrogens with zero attached hydrogens (tertiary/aromatic N) is 2. The number of esters is 1. The van der Waals surface area contributed by atoms with Gasteiger partial charge in [0.15, 0.2) is 5.11 Å². The molecule has 0 aliphatic carbocycles. The number of rotatable bonds is 8. The van der Waals surface area contributed by atoms with Crippen molar-refractivity contribution in [1.29, 1.82) is 0 Å². The average Bonchev–Trinajstić information content (AvgIpc) is 3.44. The second-order valence-corrected chi connectivity index (χ2v) is 8.42. The largest absolute Gasteiger partial charge is 0.478 e. The monoisotopic (exact) mass is 479 g/mol. The number of carbonyl (C=O) groups excluding carboxylic acids is 1. The van der Waals surface area contributed by atoms with Crippen LogP contribution >= 0.6 is 12.2 Å². The fourth-order valence-electron chi connectivity index (χ4n) is 4.18. The predicted octanol–water partition coefficient (Wildman–Crippen LogP) is 4.27. The van der Waals surface area contributed by atoms with Gasteiger partial charge in [0.1, 0.15) is 17.6 Å². The highest BCUT2D eigenvalue weighted by molar-refractivity contribution is 7.80. The lowest BCUT2D eigenvalue weighted by Gasteiger charge is -2.26. The van der Waals surface area contributed by atoms with Crippen molar-refractivity contribution in [3.8, 4) is 11.3 Å².